The molecule has 0 radical (unpaired) electrons. The second-order valence-electron chi connectivity index (χ2n) is 5.11. The van der Waals surface area contributed by atoms with Gasteiger partial charge in [0.15, 0.2) is 5.16 Å². The Morgan fingerprint density at radius 1 is 1.15 bits per heavy atom. The molecule has 2 aromatic heterocycles. The Morgan fingerprint density at radius 3 is 2.62 bits per heavy atom. The molecule has 0 fully saturated rings. The number of carbonyl (C=O) groups is 1. The summed E-state index contributed by atoms with van der Waals surface area (Å²) >= 11 is 1.29. The highest BCUT2D eigenvalue weighted by Gasteiger charge is 2.11. The number of benzene rings is 1. The average molecular weight is 371 g/mol. The Labute approximate surface area is 154 Å². The summed E-state index contributed by atoms with van der Waals surface area (Å²) in [5, 5.41) is 11.4. The summed E-state index contributed by atoms with van der Waals surface area (Å²) in [5.74, 6) is 1.29. The van der Waals surface area contributed by atoms with Crippen molar-refractivity contribution >= 4 is 23.4 Å². The van der Waals surface area contributed by atoms with Crippen LogP contribution in [-0.4, -0.2) is 45.6 Å². The summed E-state index contributed by atoms with van der Waals surface area (Å²) < 4.78 is 12.0. The first kappa shape index (κ1) is 17.7. The van der Waals surface area contributed by atoms with Crippen LogP contribution in [-0.2, 0) is 4.79 Å². The summed E-state index contributed by atoms with van der Waals surface area (Å²) in [6, 6.07) is 10.9. The molecule has 0 saturated heterocycles. The van der Waals surface area contributed by atoms with E-state index in [9.17, 15) is 4.79 Å². The van der Waals surface area contributed by atoms with Crippen LogP contribution in [0.3, 0.4) is 0 Å². The lowest BCUT2D eigenvalue weighted by Crippen LogP contribution is -2.14. The van der Waals surface area contributed by atoms with Crippen LogP contribution in [0.4, 0.5) is 5.69 Å². The number of carbonyl (C=O) groups excluding carboxylic acids is 1. The van der Waals surface area contributed by atoms with Gasteiger partial charge in [-0.2, -0.15) is 0 Å². The second kappa shape index (κ2) is 8.34. The van der Waals surface area contributed by atoms with Gasteiger partial charge in [0, 0.05) is 11.8 Å². The van der Waals surface area contributed by atoms with Crippen molar-refractivity contribution in [3.8, 4) is 17.3 Å². The van der Waals surface area contributed by atoms with Crippen LogP contribution in [0.15, 0.2) is 54.1 Å². The largest absolute Gasteiger partial charge is 0.497 e. The smallest absolute Gasteiger partial charge is 0.234 e. The third-order valence-electron chi connectivity index (χ3n) is 3.43. The SMILES string of the molecule is COc1ccc(-n2cnnc2SCC(=O)Nc2ccc(OC)nc2)cc1. The van der Waals surface area contributed by atoms with E-state index in [4.69, 9.17) is 9.47 Å². The molecule has 0 bridgehead atoms. The molecular weight excluding hydrogens is 354 g/mol. The van der Waals surface area contributed by atoms with Gasteiger partial charge >= 0.3 is 0 Å². The Balaban J connectivity index is 1.60. The van der Waals surface area contributed by atoms with Gasteiger partial charge in [0.1, 0.15) is 12.1 Å². The fourth-order valence-electron chi connectivity index (χ4n) is 2.14. The van der Waals surface area contributed by atoms with E-state index >= 15 is 0 Å². The van der Waals surface area contributed by atoms with Gasteiger partial charge in [-0.15, -0.1) is 10.2 Å². The monoisotopic (exact) mass is 371 g/mol. The van der Waals surface area contributed by atoms with Gasteiger partial charge in [0.2, 0.25) is 11.8 Å². The van der Waals surface area contributed by atoms with Crippen LogP contribution < -0.4 is 14.8 Å². The first-order valence-electron chi connectivity index (χ1n) is 7.66. The third kappa shape index (κ3) is 4.31. The number of hydrogen-bond donors (Lipinski definition) is 1. The molecule has 1 aromatic carbocycles. The normalized spacial score (nSPS) is 10.4. The molecule has 8 nitrogen and oxygen atoms in total. The summed E-state index contributed by atoms with van der Waals surface area (Å²) in [7, 11) is 3.15. The van der Waals surface area contributed by atoms with Crippen LogP contribution in [0.5, 0.6) is 11.6 Å². The van der Waals surface area contributed by atoms with E-state index in [2.05, 4.69) is 20.5 Å². The van der Waals surface area contributed by atoms with E-state index < -0.39 is 0 Å². The van der Waals surface area contributed by atoms with E-state index in [-0.39, 0.29) is 11.7 Å². The van der Waals surface area contributed by atoms with Gasteiger partial charge in [-0.25, -0.2) is 4.98 Å². The number of amides is 1. The van der Waals surface area contributed by atoms with E-state index in [1.165, 1.54) is 18.9 Å². The number of aromatic nitrogens is 4. The van der Waals surface area contributed by atoms with Crippen LogP contribution >= 0.6 is 11.8 Å². The molecule has 1 amide bonds. The zero-order valence-corrected chi connectivity index (χ0v) is 15.1. The maximum atomic E-state index is 12.1. The van der Waals surface area contributed by atoms with E-state index in [1.54, 1.807) is 31.8 Å². The van der Waals surface area contributed by atoms with E-state index in [1.807, 2.05) is 28.8 Å². The number of methoxy groups -OCH3 is 2. The molecule has 0 spiro atoms. The third-order valence-corrected chi connectivity index (χ3v) is 4.37. The highest BCUT2D eigenvalue weighted by atomic mass is 32.2. The lowest BCUT2D eigenvalue weighted by molar-refractivity contribution is -0.113. The minimum Gasteiger partial charge on any atom is -0.497 e. The van der Waals surface area contributed by atoms with Crippen molar-refractivity contribution in [3.63, 3.8) is 0 Å². The highest BCUT2D eigenvalue weighted by Crippen LogP contribution is 2.21. The number of nitrogens with zero attached hydrogens (tertiary/aromatic N) is 4. The topological polar surface area (TPSA) is 91.2 Å². The Morgan fingerprint density at radius 2 is 1.96 bits per heavy atom. The van der Waals surface area contributed by atoms with E-state index in [0.29, 0.717) is 16.7 Å². The fourth-order valence-corrected chi connectivity index (χ4v) is 2.87. The first-order chi connectivity index (χ1) is 12.7. The first-order valence-corrected chi connectivity index (χ1v) is 8.65. The van der Waals surface area contributed by atoms with Gasteiger partial charge in [0.25, 0.3) is 0 Å². The molecule has 0 atom stereocenters. The molecule has 134 valence electrons. The number of hydrogen-bond acceptors (Lipinski definition) is 7. The number of thioether (sulfide) groups is 1. The van der Waals surface area contributed by atoms with Crippen molar-refractivity contribution in [1.82, 2.24) is 19.7 Å². The van der Waals surface area contributed by atoms with Crippen LogP contribution in [0.1, 0.15) is 0 Å². The average Bonchev–Trinajstić information content (AvgIpc) is 3.15. The second-order valence-corrected chi connectivity index (χ2v) is 6.05. The van der Waals surface area contributed by atoms with Crippen molar-refractivity contribution < 1.29 is 14.3 Å². The van der Waals surface area contributed by atoms with Crippen molar-refractivity contribution in [2.24, 2.45) is 0 Å². The molecule has 3 rings (SSSR count). The zero-order valence-electron chi connectivity index (χ0n) is 14.2. The summed E-state index contributed by atoms with van der Waals surface area (Å²) in [6.07, 6.45) is 3.15. The van der Waals surface area contributed by atoms with Gasteiger partial charge in [-0.3, -0.25) is 9.36 Å². The number of pyridine rings is 1. The molecule has 1 N–H and O–H groups in total. The van der Waals surface area contributed by atoms with Crippen molar-refractivity contribution in [1.29, 1.82) is 0 Å². The molecule has 3 aromatic rings. The quantitative estimate of drug-likeness (QED) is 0.638. The molecule has 0 aliphatic heterocycles. The molecule has 0 aliphatic carbocycles. The standard InChI is InChI=1S/C17H17N5O3S/c1-24-14-6-4-13(5-7-14)22-11-19-21-17(22)26-10-15(23)20-12-3-8-16(25-2)18-9-12/h3-9,11H,10H2,1-2H3,(H,20,23). The molecule has 9 heteroatoms. The van der Waals surface area contributed by atoms with Gasteiger partial charge < -0.3 is 14.8 Å². The fraction of sp³-hybridized carbons (Fsp3) is 0.176. The lowest BCUT2D eigenvalue weighted by Gasteiger charge is -2.08. The van der Waals surface area contributed by atoms with Crippen molar-refractivity contribution in [3.05, 3.63) is 48.9 Å². The Bertz CT molecular complexity index is 865. The summed E-state index contributed by atoms with van der Waals surface area (Å²) in [6.45, 7) is 0. The number of rotatable bonds is 7. The molecule has 2 heterocycles. The number of nitrogens with one attached hydrogen (secondary N) is 1. The molecule has 0 unspecified atom stereocenters. The number of anilines is 1. The van der Waals surface area contributed by atoms with Gasteiger partial charge in [-0.05, 0) is 30.3 Å². The maximum Gasteiger partial charge on any atom is 0.234 e. The van der Waals surface area contributed by atoms with Gasteiger partial charge in [0.05, 0.1) is 31.9 Å². The predicted octanol–water partition coefficient (Wildman–Crippen LogP) is 2.41. The zero-order chi connectivity index (χ0) is 18.4. The lowest BCUT2D eigenvalue weighted by atomic mass is 10.3. The van der Waals surface area contributed by atoms with Crippen molar-refractivity contribution in [2.45, 2.75) is 5.16 Å². The summed E-state index contributed by atoms with van der Waals surface area (Å²) in [4.78, 5) is 16.2. The van der Waals surface area contributed by atoms with Crippen LogP contribution in [0.25, 0.3) is 5.69 Å². The Kier molecular flexibility index (Phi) is 5.69. The summed E-state index contributed by atoms with van der Waals surface area (Å²) in [5.41, 5.74) is 1.49. The minimum absolute atomic E-state index is 0.161. The van der Waals surface area contributed by atoms with E-state index in [0.717, 1.165) is 11.4 Å². The van der Waals surface area contributed by atoms with Gasteiger partial charge in [-0.1, -0.05) is 11.8 Å². The maximum absolute atomic E-state index is 12.1. The number of ether oxygens (including phenoxy) is 2. The molecule has 26 heavy (non-hydrogen) atoms. The molecular formula is C17H17N5O3S. The molecule has 0 saturated carbocycles. The Hall–Kier alpha value is -3.07. The van der Waals surface area contributed by atoms with Crippen LogP contribution in [0.2, 0.25) is 0 Å². The highest BCUT2D eigenvalue weighted by molar-refractivity contribution is 7.99. The predicted molar refractivity (Wildman–Crippen MR) is 98.1 cm³/mol. The van der Waals surface area contributed by atoms with Crippen molar-refractivity contribution in [2.75, 3.05) is 25.3 Å². The minimum atomic E-state index is -0.161. The molecule has 0 aliphatic rings. The van der Waals surface area contributed by atoms with Crippen LogP contribution in [0, 0.1) is 0 Å².